The average Bonchev–Trinajstić information content (AvgIpc) is 3.33. The van der Waals surface area contributed by atoms with Crippen LogP contribution in [0.1, 0.15) is 29.8 Å². The van der Waals surface area contributed by atoms with Gasteiger partial charge in [0.25, 0.3) is 0 Å². The molecule has 0 aliphatic rings. The zero-order valence-electron chi connectivity index (χ0n) is 15.9. The number of carbonyl (C=O) groups is 1. The lowest BCUT2D eigenvalue weighted by molar-refractivity contribution is -0.121. The van der Waals surface area contributed by atoms with E-state index in [1.807, 2.05) is 48.1 Å². The lowest BCUT2D eigenvalue weighted by Gasteiger charge is -2.08. The monoisotopic (exact) mass is 373 g/mol. The van der Waals surface area contributed by atoms with Crippen LogP contribution in [0.25, 0.3) is 16.7 Å². The molecule has 0 radical (unpaired) electrons. The van der Waals surface area contributed by atoms with Crippen molar-refractivity contribution in [1.29, 1.82) is 0 Å². The van der Waals surface area contributed by atoms with Crippen LogP contribution < -0.4 is 5.32 Å². The van der Waals surface area contributed by atoms with Crippen LogP contribution in [0, 0.1) is 6.92 Å². The number of hydrogen-bond acceptors (Lipinski definition) is 3. The number of hydrogen-bond donors (Lipinski definition) is 2. The Morgan fingerprint density at radius 2 is 2.07 bits per heavy atom. The first-order valence-electron chi connectivity index (χ1n) is 9.47. The maximum atomic E-state index is 12.2. The number of nitrogens with zero attached hydrogens (tertiary/aromatic N) is 3. The Morgan fingerprint density at radius 1 is 1.18 bits per heavy atom. The van der Waals surface area contributed by atoms with E-state index in [0.29, 0.717) is 13.0 Å². The fourth-order valence-electron chi connectivity index (χ4n) is 3.39. The van der Waals surface area contributed by atoms with Gasteiger partial charge in [0.15, 0.2) is 0 Å². The maximum Gasteiger partial charge on any atom is 0.220 e. The molecule has 0 saturated carbocycles. The van der Waals surface area contributed by atoms with Gasteiger partial charge in [-0.2, -0.15) is 0 Å². The van der Waals surface area contributed by atoms with Crippen LogP contribution in [-0.4, -0.2) is 25.4 Å². The molecule has 6 heteroatoms. The third-order valence-corrected chi connectivity index (χ3v) is 4.90. The van der Waals surface area contributed by atoms with Crippen molar-refractivity contribution in [3.8, 4) is 5.82 Å². The standard InChI is InChI=1S/C22H23N5O/c1-16-23-11-12-27(16)21-13-17(9-10-24-21)14-26-22(28)8-4-5-18-15-25-20-7-3-2-6-19(18)20/h2-3,6-7,9-13,15,25H,4-5,8,14H2,1H3,(H,26,28). The fourth-order valence-corrected chi connectivity index (χ4v) is 3.39. The fraction of sp³-hybridized carbons (Fsp3) is 0.227. The molecule has 1 amide bonds. The molecule has 0 fully saturated rings. The Bertz CT molecular complexity index is 1090. The van der Waals surface area contributed by atoms with Crippen molar-refractivity contribution in [1.82, 2.24) is 24.8 Å². The number of imidazole rings is 1. The summed E-state index contributed by atoms with van der Waals surface area (Å²) >= 11 is 0. The van der Waals surface area contributed by atoms with Crippen LogP contribution in [-0.2, 0) is 17.8 Å². The second-order valence-electron chi connectivity index (χ2n) is 6.86. The molecule has 3 aromatic heterocycles. The molecule has 28 heavy (non-hydrogen) atoms. The van der Waals surface area contributed by atoms with Gasteiger partial charge in [0.1, 0.15) is 11.6 Å². The molecule has 1 aromatic carbocycles. The summed E-state index contributed by atoms with van der Waals surface area (Å²) in [7, 11) is 0. The van der Waals surface area contributed by atoms with Crippen molar-refractivity contribution >= 4 is 16.8 Å². The zero-order chi connectivity index (χ0) is 19.3. The number of rotatable bonds is 7. The van der Waals surface area contributed by atoms with Gasteiger partial charge in [-0.25, -0.2) is 9.97 Å². The first kappa shape index (κ1) is 18.0. The molecule has 4 aromatic rings. The Hall–Kier alpha value is -3.41. The Balaban J connectivity index is 1.28. The Kier molecular flexibility index (Phi) is 5.19. The molecule has 0 spiro atoms. The highest BCUT2D eigenvalue weighted by atomic mass is 16.1. The second kappa shape index (κ2) is 8.08. The molecule has 0 atom stereocenters. The molecule has 0 aliphatic heterocycles. The van der Waals surface area contributed by atoms with E-state index in [9.17, 15) is 4.79 Å². The molecule has 0 bridgehead atoms. The maximum absolute atomic E-state index is 12.2. The SMILES string of the molecule is Cc1nccn1-c1cc(CNC(=O)CCCc2c[nH]c3ccccc23)ccn1. The molecule has 0 unspecified atom stereocenters. The minimum absolute atomic E-state index is 0.0667. The van der Waals surface area contributed by atoms with Crippen molar-refractivity contribution in [2.75, 3.05) is 0 Å². The average molecular weight is 373 g/mol. The predicted molar refractivity (Wildman–Crippen MR) is 109 cm³/mol. The van der Waals surface area contributed by atoms with E-state index >= 15 is 0 Å². The minimum Gasteiger partial charge on any atom is -0.361 e. The van der Waals surface area contributed by atoms with Gasteiger partial charge in [0.2, 0.25) is 5.91 Å². The van der Waals surface area contributed by atoms with Gasteiger partial charge < -0.3 is 10.3 Å². The summed E-state index contributed by atoms with van der Waals surface area (Å²) in [6.45, 7) is 2.43. The van der Waals surface area contributed by atoms with Crippen molar-refractivity contribution in [2.24, 2.45) is 0 Å². The van der Waals surface area contributed by atoms with Crippen LogP contribution >= 0.6 is 0 Å². The van der Waals surface area contributed by atoms with Crippen LogP contribution in [0.15, 0.2) is 61.2 Å². The summed E-state index contributed by atoms with van der Waals surface area (Å²) in [5.74, 6) is 1.75. The van der Waals surface area contributed by atoms with Crippen molar-refractivity contribution < 1.29 is 4.79 Å². The highest BCUT2D eigenvalue weighted by Gasteiger charge is 2.07. The summed E-state index contributed by atoms with van der Waals surface area (Å²) in [5.41, 5.74) is 3.42. The summed E-state index contributed by atoms with van der Waals surface area (Å²) in [4.78, 5) is 24.1. The quantitative estimate of drug-likeness (QED) is 0.519. The van der Waals surface area contributed by atoms with Crippen molar-refractivity contribution in [3.05, 3.63) is 78.1 Å². The first-order chi connectivity index (χ1) is 13.7. The molecule has 6 nitrogen and oxygen atoms in total. The van der Waals surface area contributed by atoms with Gasteiger partial charge in [0.05, 0.1) is 0 Å². The van der Waals surface area contributed by atoms with Crippen LogP contribution in [0.2, 0.25) is 0 Å². The van der Waals surface area contributed by atoms with Gasteiger partial charge in [-0.05, 0) is 49.1 Å². The lowest BCUT2D eigenvalue weighted by Crippen LogP contribution is -2.22. The molecule has 142 valence electrons. The summed E-state index contributed by atoms with van der Waals surface area (Å²) in [5, 5.41) is 4.24. The largest absolute Gasteiger partial charge is 0.361 e. The van der Waals surface area contributed by atoms with Crippen molar-refractivity contribution in [3.63, 3.8) is 0 Å². The minimum atomic E-state index is 0.0667. The van der Waals surface area contributed by atoms with Crippen LogP contribution in [0.5, 0.6) is 0 Å². The van der Waals surface area contributed by atoms with Gasteiger partial charge in [-0.15, -0.1) is 0 Å². The highest BCUT2D eigenvalue weighted by molar-refractivity contribution is 5.83. The number of amides is 1. The summed E-state index contributed by atoms with van der Waals surface area (Å²) in [6.07, 6.45) is 9.65. The molecule has 2 N–H and O–H groups in total. The number of pyridine rings is 1. The number of H-pyrrole nitrogens is 1. The molecule has 0 aliphatic carbocycles. The van der Waals surface area contributed by atoms with Crippen molar-refractivity contribution in [2.45, 2.75) is 32.7 Å². The number of nitrogens with one attached hydrogen (secondary N) is 2. The zero-order valence-corrected chi connectivity index (χ0v) is 15.9. The third-order valence-electron chi connectivity index (χ3n) is 4.90. The van der Waals surface area contributed by atoms with Crippen LogP contribution in [0.3, 0.4) is 0 Å². The second-order valence-corrected chi connectivity index (χ2v) is 6.86. The van der Waals surface area contributed by atoms with Gasteiger partial charge in [-0.1, -0.05) is 18.2 Å². The van der Waals surface area contributed by atoms with E-state index in [1.165, 1.54) is 10.9 Å². The van der Waals surface area contributed by atoms with E-state index in [0.717, 1.165) is 35.6 Å². The van der Waals surface area contributed by atoms with E-state index in [-0.39, 0.29) is 5.91 Å². The first-order valence-corrected chi connectivity index (χ1v) is 9.47. The highest BCUT2D eigenvalue weighted by Crippen LogP contribution is 2.19. The number of aryl methyl sites for hydroxylation is 2. The smallest absolute Gasteiger partial charge is 0.220 e. The predicted octanol–water partition coefficient (Wildman–Crippen LogP) is 3.70. The Labute approximate surface area is 163 Å². The lowest BCUT2D eigenvalue weighted by atomic mass is 10.1. The summed E-state index contributed by atoms with van der Waals surface area (Å²) < 4.78 is 1.92. The number of aromatic nitrogens is 4. The number of benzene rings is 1. The number of fused-ring (bicyclic) bond motifs is 1. The summed E-state index contributed by atoms with van der Waals surface area (Å²) in [6, 6.07) is 12.1. The molecular formula is C22H23N5O. The normalized spacial score (nSPS) is 11.0. The third kappa shape index (κ3) is 3.96. The molecule has 3 heterocycles. The number of aromatic amines is 1. The topological polar surface area (TPSA) is 75.6 Å². The van der Waals surface area contributed by atoms with E-state index in [2.05, 4.69) is 32.4 Å². The molecule has 0 saturated heterocycles. The van der Waals surface area contributed by atoms with Gasteiger partial charge >= 0.3 is 0 Å². The Morgan fingerprint density at radius 3 is 2.93 bits per heavy atom. The molecular weight excluding hydrogens is 350 g/mol. The van der Waals surface area contributed by atoms with Gasteiger partial charge in [-0.3, -0.25) is 9.36 Å². The van der Waals surface area contributed by atoms with E-state index in [4.69, 9.17) is 0 Å². The van der Waals surface area contributed by atoms with Gasteiger partial charge in [0, 0.05) is 48.7 Å². The molecule has 4 rings (SSSR count). The number of carbonyl (C=O) groups excluding carboxylic acids is 1. The van der Waals surface area contributed by atoms with E-state index in [1.54, 1.807) is 12.4 Å². The number of para-hydroxylation sites is 1. The van der Waals surface area contributed by atoms with E-state index < -0.39 is 0 Å². The van der Waals surface area contributed by atoms with Crippen LogP contribution in [0.4, 0.5) is 0 Å².